The van der Waals surface area contributed by atoms with Crippen LogP contribution in [0.3, 0.4) is 0 Å². The standard InChI is InChI=1S/C19H21N3O2/c23-18(15-6-2-1-3-7-15)10-12-20-19(24)11-13-22-17-9-5-4-8-16(17)14-21-22/h1-9,14,18,23H,10-13H2,(H,20,24)/t18-/m1/s1. The molecule has 0 fully saturated rings. The van der Waals surface area contributed by atoms with Crippen LogP contribution in [-0.4, -0.2) is 27.3 Å². The topological polar surface area (TPSA) is 67.2 Å². The lowest BCUT2D eigenvalue weighted by atomic mass is 10.1. The van der Waals surface area contributed by atoms with Crippen LogP contribution in [0.25, 0.3) is 10.9 Å². The monoisotopic (exact) mass is 323 g/mol. The number of hydrogen-bond acceptors (Lipinski definition) is 3. The van der Waals surface area contributed by atoms with Gasteiger partial charge in [0.05, 0.1) is 24.4 Å². The van der Waals surface area contributed by atoms with Gasteiger partial charge < -0.3 is 10.4 Å². The normalized spacial score (nSPS) is 12.2. The number of benzene rings is 2. The summed E-state index contributed by atoms with van der Waals surface area (Å²) in [5.41, 5.74) is 1.90. The second kappa shape index (κ2) is 7.75. The van der Waals surface area contributed by atoms with Crippen LogP contribution in [0.5, 0.6) is 0 Å². The van der Waals surface area contributed by atoms with Crippen LogP contribution in [-0.2, 0) is 11.3 Å². The Morgan fingerprint density at radius 3 is 2.71 bits per heavy atom. The first-order valence-electron chi connectivity index (χ1n) is 8.14. The van der Waals surface area contributed by atoms with Crippen molar-refractivity contribution in [2.24, 2.45) is 0 Å². The summed E-state index contributed by atoms with van der Waals surface area (Å²) in [4.78, 5) is 12.0. The number of amides is 1. The minimum Gasteiger partial charge on any atom is -0.388 e. The van der Waals surface area contributed by atoms with Gasteiger partial charge >= 0.3 is 0 Å². The van der Waals surface area contributed by atoms with Crippen molar-refractivity contribution in [3.63, 3.8) is 0 Å². The summed E-state index contributed by atoms with van der Waals surface area (Å²) in [6.45, 7) is 0.995. The number of carbonyl (C=O) groups excluding carboxylic acids is 1. The van der Waals surface area contributed by atoms with Crippen molar-refractivity contribution in [3.05, 3.63) is 66.4 Å². The smallest absolute Gasteiger partial charge is 0.221 e. The highest BCUT2D eigenvalue weighted by atomic mass is 16.3. The molecule has 5 nitrogen and oxygen atoms in total. The average molecular weight is 323 g/mol. The Labute approximate surface area is 140 Å². The number of para-hydroxylation sites is 1. The maximum absolute atomic E-state index is 12.0. The second-order valence-electron chi connectivity index (χ2n) is 5.74. The highest BCUT2D eigenvalue weighted by molar-refractivity contribution is 5.79. The molecule has 0 saturated carbocycles. The zero-order chi connectivity index (χ0) is 16.8. The second-order valence-corrected chi connectivity index (χ2v) is 5.74. The molecule has 1 aromatic heterocycles. The van der Waals surface area contributed by atoms with E-state index in [2.05, 4.69) is 10.4 Å². The third-order valence-corrected chi connectivity index (χ3v) is 4.03. The molecule has 24 heavy (non-hydrogen) atoms. The van der Waals surface area contributed by atoms with E-state index in [-0.39, 0.29) is 5.91 Å². The van der Waals surface area contributed by atoms with Crippen LogP contribution in [0, 0.1) is 0 Å². The summed E-state index contributed by atoms with van der Waals surface area (Å²) >= 11 is 0. The molecule has 0 unspecified atom stereocenters. The fourth-order valence-electron chi connectivity index (χ4n) is 2.69. The van der Waals surface area contributed by atoms with Gasteiger partial charge in [0, 0.05) is 18.4 Å². The molecule has 0 aliphatic carbocycles. The largest absolute Gasteiger partial charge is 0.388 e. The molecule has 3 rings (SSSR count). The molecule has 0 aliphatic heterocycles. The van der Waals surface area contributed by atoms with E-state index in [1.807, 2.05) is 65.5 Å². The number of aryl methyl sites for hydroxylation is 1. The van der Waals surface area contributed by atoms with Crippen LogP contribution < -0.4 is 5.32 Å². The lowest BCUT2D eigenvalue weighted by Crippen LogP contribution is -2.26. The molecule has 1 heterocycles. The Morgan fingerprint density at radius 2 is 1.88 bits per heavy atom. The number of aliphatic hydroxyl groups is 1. The van der Waals surface area contributed by atoms with E-state index in [1.54, 1.807) is 0 Å². The maximum atomic E-state index is 12.0. The number of carbonyl (C=O) groups is 1. The highest BCUT2D eigenvalue weighted by Crippen LogP contribution is 2.15. The SMILES string of the molecule is O=C(CCn1ncc2ccccc21)NCC[C@@H](O)c1ccccc1. The van der Waals surface area contributed by atoms with Crippen molar-refractivity contribution in [3.8, 4) is 0 Å². The van der Waals surface area contributed by atoms with E-state index in [0.29, 0.717) is 25.9 Å². The predicted molar refractivity (Wildman–Crippen MR) is 93.4 cm³/mol. The van der Waals surface area contributed by atoms with Crippen molar-refractivity contribution in [2.75, 3.05) is 6.54 Å². The molecular formula is C19H21N3O2. The van der Waals surface area contributed by atoms with Crippen LogP contribution in [0.4, 0.5) is 0 Å². The van der Waals surface area contributed by atoms with Crippen LogP contribution in [0.15, 0.2) is 60.8 Å². The van der Waals surface area contributed by atoms with Gasteiger partial charge in [-0.3, -0.25) is 9.48 Å². The quantitative estimate of drug-likeness (QED) is 0.702. The number of aromatic nitrogens is 2. The highest BCUT2D eigenvalue weighted by Gasteiger charge is 2.09. The number of nitrogens with one attached hydrogen (secondary N) is 1. The fourth-order valence-corrected chi connectivity index (χ4v) is 2.69. The fraction of sp³-hybridized carbons (Fsp3) is 0.263. The molecule has 5 heteroatoms. The lowest BCUT2D eigenvalue weighted by Gasteiger charge is -2.11. The minimum absolute atomic E-state index is 0.0326. The van der Waals surface area contributed by atoms with Gasteiger partial charge in [-0.2, -0.15) is 5.10 Å². The summed E-state index contributed by atoms with van der Waals surface area (Å²) in [6, 6.07) is 17.4. The number of hydrogen-bond donors (Lipinski definition) is 2. The molecule has 1 amide bonds. The summed E-state index contributed by atoms with van der Waals surface area (Å²) < 4.78 is 1.84. The summed E-state index contributed by atoms with van der Waals surface area (Å²) in [6.07, 6.45) is 2.12. The van der Waals surface area contributed by atoms with Crippen molar-refractivity contribution >= 4 is 16.8 Å². The van der Waals surface area contributed by atoms with Gasteiger partial charge in [0.2, 0.25) is 5.91 Å². The van der Waals surface area contributed by atoms with Crippen molar-refractivity contribution < 1.29 is 9.90 Å². The summed E-state index contributed by atoms with van der Waals surface area (Å²) in [5.74, 6) is -0.0326. The minimum atomic E-state index is -0.554. The Morgan fingerprint density at radius 1 is 1.12 bits per heavy atom. The molecule has 0 spiro atoms. The number of fused-ring (bicyclic) bond motifs is 1. The lowest BCUT2D eigenvalue weighted by molar-refractivity contribution is -0.121. The van der Waals surface area contributed by atoms with Gasteiger partial charge in [-0.05, 0) is 18.1 Å². The van der Waals surface area contributed by atoms with Crippen LogP contribution in [0.2, 0.25) is 0 Å². The Kier molecular flexibility index (Phi) is 5.23. The zero-order valence-electron chi connectivity index (χ0n) is 13.4. The average Bonchev–Trinajstić information content (AvgIpc) is 3.04. The summed E-state index contributed by atoms with van der Waals surface area (Å²) in [5, 5.41) is 18.3. The first-order chi connectivity index (χ1) is 11.7. The predicted octanol–water partition coefficient (Wildman–Crippen LogP) is 2.67. The van der Waals surface area contributed by atoms with E-state index in [1.165, 1.54) is 0 Å². The van der Waals surface area contributed by atoms with E-state index < -0.39 is 6.10 Å². The number of rotatable bonds is 7. The Bertz CT molecular complexity index is 798. The molecule has 0 radical (unpaired) electrons. The van der Waals surface area contributed by atoms with Gasteiger partial charge in [-0.15, -0.1) is 0 Å². The van der Waals surface area contributed by atoms with Crippen LogP contribution in [0.1, 0.15) is 24.5 Å². The number of aliphatic hydroxyl groups excluding tert-OH is 1. The third-order valence-electron chi connectivity index (χ3n) is 4.03. The zero-order valence-corrected chi connectivity index (χ0v) is 13.4. The molecule has 1 atom stereocenters. The molecular weight excluding hydrogens is 302 g/mol. The van der Waals surface area contributed by atoms with Gasteiger partial charge in [0.15, 0.2) is 0 Å². The van der Waals surface area contributed by atoms with Gasteiger partial charge in [-0.25, -0.2) is 0 Å². The molecule has 0 bridgehead atoms. The number of nitrogens with zero attached hydrogens (tertiary/aromatic N) is 2. The molecule has 2 aromatic carbocycles. The first-order valence-corrected chi connectivity index (χ1v) is 8.14. The van der Waals surface area contributed by atoms with Crippen LogP contribution >= 0.6 is 0 Å². The van der Waals surface area contributed by atoms with Gasteiger partial charge in [-0.1, -0.05) is 48.5 Å². The summed E-state index contributed by atoms with van der Waals surface area (Å²) in [7, 11) is 0. The van der Waals surface area contributed by atoms with Gasteiger partial charge in [0.25, 0.3) is 0 Å². The van der Waals surface area contributed by atoms with E-state index in [9.17, 15) is 9.90 Å². The van der Waals surface area contributed by atoms with Crippen molar-refractivity contribution in [1.29, 1.82) is 0 Å². The van der Waals surface area contributed by atoms with E-state index in [4.69, 9.17) is 0 Å². The molecule has 124 valence electrons. The molecule has 2 N–H and O–H groups in total. The third kappa shape index (κ3) is 4.00. The Balaban J connectivity index is 1.43. The van der Waals surface area contributed by atoms with Gasteiger partial charge in [0.1, 0.15) is 0 Å². The molecule has 0 saturated heterocycles. The van der Waals surface area contributed by atoms with E-state index in [0.717, 1.165) is 16.5 Å². The Hall–Kier alpha value is -2.66. The van der Waals surface area contributed by atoms with Crippen molar-refractivity contribution in [1.82, 2.24) is 15.1 Å². The molecule has 3 aromatic rings. The molecule has 0 aliphatic rings. The maximum Gasteiger partial charge on any atom is 0.221 e. The first kappa shape index (κ1) is 16.2. The van der Waals surface area contributed by atoms with Crippen molar-refractivity contribution in [2.45, 2.75) is 25.5 Å². The van der Waals surface area contributed by atoms with E-state index >= 15 is 0 Å².